The number of amides is 1. The summed E-state index contributed by atoms with van der Waals surface area (Å²) in [4.78, 5) is 15.7. The highest BCUT2D eigenvalue weighted by Crippen LogP contribution is 2.11. The zero-order chi connectivity index (χ0) is 12.0. The van der Waals surface area contributed by atoms with Crippen LogP contribution in [-0.2, 0) is 0 Å². The molecule has 0 fully saturated rings. The highest BCUT2D eigenvalue weighted by Gasteiger charge is 2.06. The maximum atomic E-state index is 11.7. The molecule has 1 rings (SSSR count). The Morgan fingerprint density at radius 1 is 1.50 bits per heavy atom. The highest BCUT2D eigenvalue weighted by molar-refractivity contribution is 5.94. The van der Waals surface area contributed by atoms with E-state index in [1.165, 1.54) is 0 Å². The maximum absolute atomic E-state index is 11.7. The molecule has 0 bridgehead atoms. The average molecular weight is 219 g/mol. The maximum Gasteiger partial charge on any atom is 0.252 e. The van der Waals surface area contributed by atoms with Gasteiger partial charge in [0.25, 0.3) is 5.91 Å². The standard InChI is InChI=1S/C12H17N3O/c1-9(2)10-6-11(8-14-7-10)12(16)15-5-3-4-13/h6-8H,1,3-5,13H2,2H3,(H,15,16). The van der Waals surface area contributed by atoms with Crippen LogP contribution in [0.1, 0.15) is 29.3 Å². The van der Waals surface area contributed by atoms with Crippen LogP contribution in [0.25, 0.3) is 5.57 Å². The van der Waals surface area contributed by atoms with E-state index in [2.05, 4.69) is 16.9 Å². The third-order valence-electron chi connectivity index (χ3n) is 2.16. The number of hydrogen-bond acceptors (Lipinski definition) is 3. The summed E-state index contributed by atoms with van der Waals surface area (Å²) >= 11 is 0. The molecule has 4 nitrogen and oxygen atoms in total. The summed E-state index contributed by atoms with van der Waals surface area (Å²) in [6.45, 7) is 6.86. The fourth-order valence-corrected chi connectivity index (χ4v) is 1.20. The Bertz CT molecular complexity index is 388. The predicted molar refractivity (Wildman–Crippen MR) is 64.9 cm³/mol. The summed E-state index contributed by atoms with van der Waals surface area (Å²) in [5.41, 5.74) is 7.67. The zero-order valence-corrected chi connectivity index (χ0v) is 9.49. The molecule has 1 aromatic rings. The van der Waals surface area contributed by atoms with Crippen LogP contribution in [0.4, 0.5) is 0 Å². The molecule has 1 heterocycles. The van der Waals surface area contributed by atoms with Crippen LogP contribution in [0, 0.1) is 0 Å². The summed E-state index contributed by atoms with van der Waals surface area (Å²) in [5, 5.41) is 2.78. The van der Waals surface area contributed by atoms with Crippen molar-refractivity contribution >= 4 is 11.5 Å². The van der Waals surface area contributed by atoms with Crippen LogP contribution in [0.5, 0.6) is 0 Å². The van der Waals surface area contributed by atoms with E-state index in [-0.39, 0.29) is 5.91 Å². The molecule has 86 valence electrons. The SMILES string of the molecule is C=C(C)c1cncc(C(=O)NCCCN)c1. The molecule has 0 aromatic carbocycles. The molecule has 0 unspecified atom stereocenters. The second kappa shape index (κ2) is 6.02. The first kappa shape index (κ1) is 12.4. The molecular weight excluding hydrogens is 202 g/mol. The van der Waals surface area contributed by atoms with Gasteiger partial charge in [-0.15, -0.1) is 0 Å². The number of aromatic nitrogens is 1. The van der Waals surface area contributed by atoms with Gasteiger partial charge in [-0.1, -0.05) is 6.58 Å². The van der Waals surface area contributed by atoms with E-state index in [1.54, 1.807) is 18.5 Å². The van der Waals surface area contributed by atoms with Crippen molar-refractivity contribution in [1.29, 1.82) is 0 Å². The smallest absolute Gasteiger partial charge is 0.252 e. The number of nitrogens with two attached hydrogens (primary N) is 1. The molecule has 0 aliphatic heterocycles. The van der Waals surface area contributed by atoms with Gasteiger partial charge >= 0.3 is 0 Å². The molecule has 1 aromatic heterocycles. The highest BCUT2D eigenvalue weighted by atomic mass is 16.1. The van der Waals surface area contributed by atoms with Crippen molar-refractivity contribution in [2.45, 2.75) is 13.3 Å². The molecule has 3 N–H and O–H groups in total. The number of hydrogen-bond donors (Lipinski definition) is 2. The molecule has 16 heavy (non-hydrogen) atoms. The van der Waals surface area contributed by atoms with E-state index in [1.807, 2.05) is 6.92 Å². The van der Waals surface area contributed by atoms with Crippen LogP contribution >= 0.6 is 0 Å². The van der Waals surface area contributed by atoms with Crippen molar-refractivity contribution in [3.8, 4) is 0 Å². The second-order valence-corrected chi connectivity index (χ2v) is 3.64. The van der Waals surface area contributed by atoms with Gasteiger partial charge in [-0.2, -0.15) is 0 Å². The van der Waals surface area contributed by atoms with Gasteiger partial charge in [-0.3, -0.25) is 9.78 Å². The number of carbonyl (C=O) groups is 1. The van der Waals surface area contributed by atoms with Crippen LogP contribution < -0.4 is 11.1 Å². The van der Waals surface area contributed by atoms with Crippen LogP contribution in [0.2, 0.25) is 0 Å². The van der Waals surface area contributed by atoms with Crippen molar-refractivity contribution < 1.29 is 4.79 Å². The van der Waals surface area contributed by atoms with Gasteiger partial charge in [0.05, 0.1) is 5.56 Å². The summed E-state index contributed by atoms with van der Waals surface area (Å²) in [5.74, 6) is -0.121. The quantitative estimate of drug-likeness (QED) is 0.731. The lowest BCUT2D eigenvalue weighted by Gasteiger charge is -2.05. The second-order valence-electron chi connectivity index (χ2n) is 3.64. The van der Waals surface area contributed by atoms with Crippen LogP contribution in [0.3, 0.4) is 0 Å². The van der Waals surface area contributed by atoms with Gasteiger partial charge in [0.1, 0.15) is 0 Å². The Labute approximate surface area is 95.6 Å². The molecule has 1 amide bonds. The summed E-state index contributed by atoms with van der Waals surface area (Å²) in [7, 11) is 0. The largest absolute Gasteiger partial charge is 0.352 e. The van der Waals surface area contributed by atoms with Crippen LogP contribution in [0.15, 0.2) is 25.0 Å². The number of allylic oxidation sites excluding steroid dienone is 1. The Morgan fingerprint density at radius 3 is 2.81 bits per heavy atom. The van der Waals surface area contributed by atoms with Gasteiger partial charge in [0, 0.05) is 18.9 Å². The molecule has 0 saturated carbocycles. The van der Waals surface area contributed by atoms with E-state index in [0.29, 0.717) is 18.7 Å². The first-order valence-electron chi connectivity index (χ1n) is 5.24. The summed E-state index contributed by atoms with van der Waals surface area (Å²) < 4.78 is 0. The molecule has 0 aliphatic carbocycles. The lowest BCUT2D eigenvalue weighted by atomic mass is 10.1. The summed E-state index contributed by atoms with van der Waals surface area (Å²) in [6, 6.07) is 1.78. The fraction of sp³-hybridized carbons (Fsp3) is 0.333. The van der Waals surface area contributed by atoms with Crippen molar-refractivity contribution in [2.24, 2.45) is 5.73 Å². The molecule has 4 heteroatoms. The zero-order valence-electron chi connectivity index (χ0n) is 9.49. The summed E-state index contributed by atoms with van der Waals surface area (Å²) in [6.07, 6.45) is 4.02. The number of nitrogens with one attached hydrogen (secondary N) is 1. The monoisotopic (exact) mass is 219 g/mol. The minimum Gasteiger partial charge on any atom is -0.352 e. The lowest BCUT2D eigenvalue weighted by Crippen LogP contribution is -2.26. The van der Waals surface area contributed by atoms with E-state index >= 15 is 0 Å². The molecule has 0 aliphatic rings. The van der Waals surface area contributed by atoms with Crippen LogP contribution in [-0.4, -0.2) is 24.0 Å². The molecule has 0 saturated heterocycles. The van der Waals surface area contributed by atoms with E-state index in [4.69, 9.17) is 5.73 Å². The van der Waals surface area contributed by atoms with E-state index < -0.39 is 0 Å². The van der Waals surface area contributed by atoms with Gasteiger partial charge < -0.3 is 11.1 Å². The molecule has 0 spiro atoms. The number of nitrogens with zero attached hydrogens (tertiary/aromatic N) is 1. The molecular formula is C12H17N3O. The van der Waals surface area contributed by atoms with E-state index in [9.17, 15) is 4.79 Å². The normalized spacial score (nSPS) is 9.88. The Balaban J connectivity index is 2.68. The topological polar surface area (TPSA) is 68.0 Å². The van der Waals surface area contributed by atoms with Crippen molar-refractivity contribution in [3.63, 3.8) is 0 Å². The third kappa shape index (κ3) is 3.47. The van der Waals surface area contributed by atoms with Crippen molar-refractivity contribution in [2.75, 3.05) is 13.1 Å². The fourth-order valence-electron chi connectivity index (χ4n) is 1.20. The first-order valence-corrected chi connectivity index (χ1v) is 5.24. The minimum absolute atomic E-state index is 0.121. The van der Waals surface area contributed by atoms with Crippen molar-refractivity contribution in [1.82, 2.24) is 10.3 Å². The van der Waals surface area contributed by atoms with Crippen molar-refractivity contribution in [3.05, 3.63) is 36.2 Å². The average Bonchev–Trinajstić information content (AvgIpc) is 2.29. The lowest BCUT2D eigenvalue weighted by molar-refractivity contribution is 0.0953. The number of rotatable bonds is 5. The third-order valence-corrected chi connectivity index (χ3v) is 2.16. The first-order chi connectivity index (χ1) is 7.65. The Hall–Kier alpha value is -1.68. The van der Waals surface area contributed by atoms with Gasteiger partial charge in [0.2, 0.25) is 0 Å². The number of pyridine rings is 1. The number of carbonyl (C=O) groups excluding carboxylic acids is 1. The van der Waals surface area contributed by atoms with E-state index in [0.717, 1.165) is 17.6 Å². The Morgan fingerprint density at radius 2 is 2.19 bits per heavy atom. The predicted octanol–water partition coefficient (Wildman–Crippen LogP) is 1.19. The molecule has 0 atom stereocenters. The van der Waals surface area contributed by atoms with Gasteiger partial charge in [-0.05, 0) is 37.1 Å². The van der Waals surface area contributed by atoms with Gasteiger partial charge in [-0.25, -0.2) is 0 Å². The molecule has 0 radical (unpaired) electrons. The Kier molecular flexibility index (Phi) is 4.66. The van der Waals surface area contributed by atoms with Gasteiger partial charge in [0.15, 0.2) is 0 Å². The minimum atomic E-state index is -0.121.